The van der Waals surface area contributed by atoms with Gasteiger partial charge in [0.1, 0.15) is 5.82 Å². The number of hydrogen-bond acceptors (Lipinski definition) is 4. The van der Waals surface area contributed by atoms with Crippen LogP contribution in [0, 0.1) is 5.82 Å². The predicted octanol–water partition coefficient (Wildman–Crippen LogP) is 2.26. The van der Waals surface area contributed by atoms with E-state index < -0.39 is 0 Å². The van der Waals surface area contributed by atoms with Crippen molar-refractivity contribution < 1.29 is 14.0 Å². The molecule has 1 aliphatic heterocycles. The standard InChI is InChI=1S/C22H27FN4O2/c1-17(18-5-3-2-4-6-18)24-21(28)15-26-11-13-27(14-12-26)16-22(29)25-20-9-7-19(23)8-10-20/h2-10,17H,11-16H2,1H3,(H,24,28)(H,25,29)/t17-/m0/s1. The molecule has 0 unspecified atom stereocenters. The second-order valence-electron chi connectivity index (χ2n) is 7.31. The number of halogens is 1. The third-order valence-electron chi connectivity index (χ3n) is 5.00. The molecule has 1 atom stereocenters. The lowest BCUT2D eigenvalue weighted by Gasteiger charge is -2.34. The van der Waals surface area contributed by atoms with Crippen LogP contribution in [0.4, 0.5) is 10.1 Å². The van der Waals surface area contributed by atoms with Gasteiger partial charge in [0, 0.05) is 31.9 Å². The summed E-state index contributed by atoms with van der Waals surface area (Å²) in [4.78, 5) is 28.6. The highest BCUT2D eigenvalue weighted by molar-refractivity contribution is 5.92. The van der Waals surface area contributed by atoms with E-state index in [9.17, 15) is 14.0 Å². The van der Waals surface area contributed by atoms with Gasteiger partial charge in [0.25, 0.3) is 0 Å². The fourth-order valence-corrected chi connectivity index (χ4v) is 3.36. The molecule has 0 aliphatic carbocycles. The molecule has 1 heterocycles. The van der Waals surface area contributed by atoms with Crippen LogP contribution >= 0.6 is 0 Å². The maximum Gasteiger partial charge on any atom is 0.238 e. The Morgan fingerprint density at radius 2 is 1.45 bits per heavy atom. The number of nitrogens with zero attached hydrogens (tertiary/aromatic N) is 2. The van der Waals surface area contributed by atoms with Crippen LogP contribution in [0.5, 0.6) is 0 Å². The summed E-state index contributed by atoms with van der Waals surface area (Å²) in [6.07, 6.45) is 0. The second kappa shape index (κ2) is 10.1. The highest BCUT2D eigenvalue weighted by Crippen LogP contribution is 2.11. The van der Waals surface area contributed by atoms with Crippen molar-refractivity contribution in [3.63, 3.8) is 0 Å². The lowest BCUT2D eigenvalue weighted by molar-refractivity contribution is -0.124. The van der Waals surface area contributed by atoms with Crippen molar-refractivity contribution in [1.82, 2.24) is 15.1 Å². The maximum atomic E-state index is 12.9. The Bertz CT molecular complexity index is 805. The third-order valence-corrected chi connectivity index (χ3v) is 5.00. The number of carbonyl (C=O) groups excluding carboxylic acids is 2. The molecule has 3 rings (SSSR count). The quantitative estimate of drug-likeness (QED) is 0.751. The molecular weight excluding hydrogens is 371 g/mol. The zero-order chi connectivity index (χ0) is 20.6. The van der Waals surface area contributed by atoms with Gasteiger partial charge < -0.3 is 10.6 Å². The third kappa shape index (κ3) is 6.66. The fourth-order valence-electron chi connectivity index (χ4n) is 3.36. The molecular formula is C22H27FN4O2. The van der Waals surface area contributed by atoms with Crippen LogP contribution in [-0.4, -0.2) is 60.9 Å². The van der Waals surface area contributed by atoms with Crippen molar-refractivity contribution in [2.75, 3.05) is 44.6 Å². The van der Waals surface area contributed by atoms with E-state index in [0.717, 1.165) is 31.7 Å². The van der Waals surface area contributed by atoms with E-state index in [2.05, 4.69) is 20.4 Å². The molecule has 6 nitrogen and oxygen atoms in total. The van der Waals surface area contributed by atoms with Gasteiger partial charge in [-0.15, -0.1) is 0 Å². The van der Waals surface area contributed by atoms with Gasteiger partial charge in [0.15, 0.2) is 0 Å². The van der Waals surface area contributed by atoms with E-state index in [1.54, 1.807) is 12.1 Å². The Morgan fingerprint density at radius 3 is 2.03 bits per heavy atom. The van der Waals surface area contributed by atoms with Crippen molar-refractivity contribution in [2.24, 2.45) is 0 Å². The number of rotatable bonds is 7. The van der Waals surface area contributed by atoms with Crippen LogP contribution in [0.25, 0.3) is 0 Å². The average Bonchev–Trinajstić information content (AvgIpc) is 2.72. The van der Waals surface area contributed by atoms with Crippen molar-refractivity contribution >= 4 is 17.5 Å². The van der Waals surface area contributed by atoms with Gasteiger partial charge in [0.05, 0.1) is 19.1 Å². The first-order valence-electron chi connectivity index (χ1n) is 9.84. The Labute approximate surface area is 170 Å². The number of amides is 2. The van der Waals surface area contributed by atoms with E-state index >= 15 is 0 Å². The molecule has 2 N–H and O–H groups in total. The Morgan fingerprint density at radius 1 is 0.897 bits per heavy atom. The van der Waals surface area contributed by atoms with Gasteiger partial charge >= 0.3 is 0 Å². The molecule has 7 heteroatoms. The van der Waals surface area contributed by atoms with Crippen LogP contribution in [0.3, 0.4) is 0 Å². The highest BCUT2D eigenvalue weighted by Gasteiger charge is 2.21. The summed E-state index contributed by atoms with van der Waals surface area (Å²) < 4.78 is 12.9. The van der Waals surface area contributed by atoms with Crippen LogP contribution in [0.1, 0.15) is 18.5 Å². The molecule has 0 radical (unpaired) electrons. The molecule has 0 aromatic heterocycles. The minimum Gasteiger partial charge on any atom is -0.348 e. The van der Waals surface area contributed by atoms with E-state index in [1.807, 2.05) is 37.3 Å². The molecule has 2 aromatic carbocycles. The van der Waals surface area contributed by atoms with E-state index in [1.165, 1.54) is 12.1 Å². The van der Waals surface area contributed by atoms with E-state index in [0.29, 0.717) is 12.2 Å². The number of hydrogen-bond donors (Lipinski definition) is 2. The van der Waals surface area contributed by atoms with Crippen molar-refractivity contribution in [2.45, 2.75) is 13.0 Å². The van der Waals surface area contributed by atoms with Gasteiger partial charge in [-0.3, -0.25) is 19.4 Å². The summed E-state index contributed by atoms with van der Waals surface area (Å²) in [5, 5.41) is 5.81. The molecule has 29 heavy (non-hydrogen) atoms. The Balaban J connectivity index is 1.37. The van der Waals surface area contributed by atoms with Gasteiger partial charge in [-0.2, -0.15) is 0 Å². The SMILES string of the molecule is C[C@H](NC(=O)CN1CCN(CC(=O)Nc2ccc(F)cc2)CC1)c1ccccc1. The Hall–Kier alpha value is -2.77. The van der Waals surface area contributed by atoms with Crippen LogP contribution in [-0.2, 0) is 9.59 Å². The topological polar surface area (TPSA) is 64.7 Å². The predicted molar refractivity (Wildman–Crippen MR) is 111 cm³/mol. The molecule has 0 saturated carbocycles. The average molecular weight is 398 g/mol. The largest absolute Gasteiger partial charge is 0.348 e. The molecule has 1 saturated heterocycles. The first-order chi connectivity index (χ1) is 14.0. The van der Waals surface area contributed by atoms with Gasteiger partial charge in [-0.25, -0.2) is 4.39 Å². The zero-order valence-corrected chi connectivity index (χ0v) is 16.6. The first-order valence-corrected chi connectivity index (χ1v) is 9.84. The summed E-state index contributed by atoms with van der Waals surface area (Å²) in [6.45, 7) is 5.52. The summed E-state index contributed by atoms with van der Waals surface area (Å²) in [5.41, 5.74) is 1.66. The number of benzene rings is 2. The summed E-state index contributed by atoms with van der Waals surface area (Å²) in [5.74, 6) is -0.454. The normalized spacial score (nSPS) is 16.2. The summed E-state index contributed by atoms with van der Waals surface area (Å²) in [6, 6.07) is 15.6. The molecule has 0 spiro atoms. The second-order valence-corrected chi connectivity index (χ2v) is 7.31. The smallest absolute Gasteiger partial charge is 0.238 e. The van der Waals surface area contributed by atoms with Crippen LogP contribution in [0.15, 0.2) is 54.6 Å². The van der Waals surface area contributed by atoms with Crippen LogP contribution in [0.2, 0.25) is 0 Å². The van der Waals surface area contributed by atoms with Crippen molar-refractivity contribution in [1.29, 1.82) is 0 Å². The fraction of sp³-hybridized carbons (Fsp3) is 0.364. The number of anilines is 1. The minimum atomic E-state index is -0.332. The van der Waals surface area contributed by atoms with E-state index in [-0.39, 0.29) is 30.2 Å². The minimum absolute atomic E-state index is 0.00357. The van der Waals surface area contributed by atoms with Crippen molar-refractivity contribution in [3.05, 3.63) is 66.0 Å². The molecule has 154 valence electrons. The highest BCUT2D eigenvalue weighted by atomic mass is 19.1. The molecule has 2 amide bonds. The maximum absolute atomic E-state index is 12.9. The number of carbonyl (C=O) groups is 2. The molecule has 2 aromatic rings. The molecule has 1 fully saturated rings. The number of piperazine rings is 1. The lowest BCUT2D eigenvalue weighted by atomic mass is 10.1. The van der Waals surface area contributed by atoms with Gasteiger partial charge in [-0.1, -0.05) is 30.3 Å². The van der Waals surface area contributed by atoms with Gasteiger partial charge in [-0.05, 0) is 36.8 Å². The molecule has 1 aliphatic rings. The van der Waals surface area contributed by atoms with E-state index in [4.69, 9.17) is 0 Å². The zero-order valence-electron chi connectivity index (χ0n) is 16.6. The van der Waals surface area contributed by atoms with Crippen molar-refractivity contribution in [3.8, 4) is 0 Å². The molecule has 0 bridgehead atoms. The number of nitrogens with one attached hydrogen (secondary N) is 2. The van der Waals surface area contributed by atoms with Crippen LogP contribution < -0.4 is 10.6 Å². The summed E-state index contributed by atoms with van der Waals surface area (Å²) >= 11 is 0. The first kappa shape index (κ1) is 21.0. The monoisotopic (exact) mass is 398 g/mol. The van der Waals surface area contributed by atoms with Gasteiger partial charge in [0.2, 0.25) is 11.8 Å². The summed E-state index contributed by atoms with van der Waals surface area (Å²) in [7, 11) is 0. The Kier molecular flexibility index (Phi) is 7.32. The lowest BCUT2D eigenvalue weighted by Crippen LogP contribution is -2.51.